The molecule has 0 aliphatic carbocycles. The van der Waals surface area contributed by atoms with E-state index in [1.807, 2.05) is 6.92 Å². The highest BCUT2D eigenvalue weighted by molar-refractivity contribution is 5.59. The van der Waals surface area contributed by atoms with Crippen LogP contribution in [0.15, 0.2) is 18.2 Å². The molecule has 1 aliphatic heterocycles. The van der Waals surface area contributed by atoms with E-state index >= 15 is 0 Å². The number of nitrogen functional groups attached to an aromatic ring is 1. The van der Waals surface area contributed by atoms with Crippen LogP contribution in [0.1, 0.15) is 13.3 Å². The van der Waals surface area contributed by atoms with Crippen LogP contribution in [0.4, 0.5) is 10.1 Å². The van der Waals surface area contributed by atoms with Crippen molar-refractivity contribution in [2.75, 3.05) is 18.9 Å². The fourth-order valence-electron chi connectivity index (χ4n) is 2.22. The third-order valence-electron chi connectivity index (χ3n) is 3.44. The van der Waals surface area contributed by atoms with Gasteiger partial charge in [-0.05, 0) is 42.0 Å². The normalized spacial score (nSPS) is 22.8. The second kappa shape index (κ2) is 4.27. The van der Waals surface area contributed by atoms with Crippen LogP contribution >= 0.6 is 0 Å². The van der Waals surface area contributed by atoms with E-state index < -0.39 is 5.82 Å². The Morgan fingerprint density at radius 1 is 1.47 bits per heavy atom. The molecular weight excluding hydrogens is 249 g/mol. The monoisotopic (exact) mass is 263 g/mol. The first-order chi connectivity index (χ1) is 9.10. The molecule has 100 valence electrons. The molecule has 1 fully saturated rings. The topological polar surface area (TPSA) is 78.9 Å². The van der Waals surface area contributed by atoms with Gasteiger partial charge in [-0.3, -0.25) is 0 Å². The van der Waals surface area contributed by atoms with Crippen molar-refractivity contribution in [1.29, 1.82) is 0 Å². The van der Waals surface area contributed by atoms with E-state index in [2.05, 4.69) is 15.5 Å². The molecule has 0 spiro atoms. The molecule has 2 N–H and O–H groups in total. The van der Waals surface area contributed by atoms with Crippen LogP contribution < -0.4 is 5.73 Å². The van der Waals surface area contributed by atoms with Crippen molar-refractivity contribution in [2.24, 2.45) is 0 Å². The molecule has 3 rings (SSSR count). The van der Waals surface area contributed by atoms with Crippen molar-refractivity contribution in [1.82, 2.24) is 20.2 Å². The molecule has 1 atom stereocenters. The molecule has 0 radical (unpaired) electrons. The number of ether oxygens (including phenoxy) is 1. The number of tetrazole rings is 1. The summed E-state index contributed by atoms with van der Waals surface area (Å²) in [5.74, 6) is 0.0479. The first kappa shape index (κ1) is 12.0. The Balaban J connectivity index is 2.06. The number of hydrogen-bond donors (Lipinski definition) is 1. The van der Waals surface area contributed by atoms with Gasteiger partial charge in [-0.2, -0.15) is 0 Å². The highest BCUT2D eigenvalue weighted by atomic mass is 19.1. The fourth-order valence-corrected chi connectivity index (χ4v) is 2.22. The van der Waals surface area contributed by atoms with Crippen molar-refractivity contribution in [3.8, 4) is 11.4 Å². The van der Waals surface area contributed by atoms with E-state index in [1.54, 1.807) is 10.7 Å². The molecule has 1 aliphatic rings. The van der Waals surface area contributed by atoms with Crippen LogP contribution in [0.5, 0.6) is 0 Å². The third-order valence-corrected chi connectivity index (χ3v) is 3.44. The van der Waals surface area contributed by atoms with E-state index in [-0.39, 0.29) is 11.2 Å². The number of nitrogens with zero attached hydrogens (tertiary/aromatic N) is 4. The maximum atomic E-state index is 13.5. The van der Waals surface area contributed by atoms with Crippen molar-refractivity contribution in [3.05, 3.63) is 24.0 Å². The first-order valence-electron chi connectivity index (χ1n) is 6.02. The molecule has 19 heavy (non-hydrogen) atoms. The molecule has 0 saturated carbocycles. The number of benzene rings is 1. The predicted molar refractivity (Wildman–Crippen MR) is 66.7 cm³/mol. The number of hydrogen-bond acceptors (Lipinski definition) is 5. The summed E-state index contributed by atoms with van der Waals surface area (Å²) in [6.45, 7) is 3.24. The van der Waals surface area contributed by atoms with Gasteiger partial charge in [0.05, 0.1) is 17.8 Å². The van der Waals surface area contributed by atoms with Crippen molar-refractivity contribution in [3.63, 3.8) is 0 Å². The minimum atomic E-state index is -0.472. The number of halogens is 1. The lowest BCUT2D eigenvalue weighted by molar-refractivity contribution is 0.155. The highest BCUT2D eigenvalue weighted by Crippen LogP contribution is 2.30. The lowest BCUT2D eigenvalue weighted by Crippen LogP contribution is -2.32. The quantitative estimate of drug-likeness (QED) is 0.823. The Hall–Kier alpha value is -2.02. The van der Waals surface area contributed by atoms with Gasteiger partial charge >= 0.3 is 0 Å². The Labute approximate surface area is 109 Å². The third kappa shape index (κ3) is 1.95. The maximum absolute atomic E-state index is 13.5. The summed E-state index contributed by atoms with van der Waals surface area (Å²) in [5.41, 5.74) is 5.89. The summed E-state index contributed by atoms with van der Waals surface area (Å²) in [6, 6.07) is 4.56. The SMILES string of the molecule is CC1(n2nnnc2-c2ccc(N)c(F)c2)CCOC1. The Kier molecular flexibility index (Phi) is 2.70. The van der Waals surface area contributed by atoms with Gasteiger partial charge in [0, 0.05) is 12.2 Å². The molecule has 0 bridgehead atoms. The van der Waals surface area contributed by atoms with Gasteiger partial charge in [-0.15, -0.1) is 5.10 Å². The molecule has 1 aromatic carbocycles. The number of aromatic nitrogens is 4. The lowest BCUT2D eigenvalue weighted by Gasteiger charge is -2.22. The Morgan fingerprint density at radius 2 is 2.32 bits per heavy atom. The second-order valence-corrected chi connectivity index (χ2v) is 4.95. The lowest BCUT2D eigenvalue weighted by atomic mass is 10.0. The molecule has 1 saturated heterocycles. The zero-order valence-corrected chi connectivity index (χ0v) is 10.5. The van der Waals surface area contributed by atoms with E-state index in [9.17, 15) is 4.39 Å². The minimum Gasteiger partial charge on any atom is -0.396 e. The molecular formula is C12H14FN5O. The van der Waals surface area contributed by atoms with Crippen LogP contribution in [0.2, 0.25) is 0 Å². The highest BCUT2D eigenvalue weighted by Gasteiger charge is 2.35. The summed E-state index contributed by atoms with van der Waals surface area (Å²) < 4.78 is 20.7. The fraction of sp³-hybridized carbons (Fsp3) is 0.417. The van der Waals surface area contributed by atoms with Gasteiger partial charge in [-0.25, -0.2) is 9.07 Å². The maximum Gasteiger partial charge on any atom is 0.182 e. The standard InChI is InChI=1S/C12H14FN5O/c1-12(4-5-19-7-12)18-11(15-16-17-18)8-2-3-10(14)9(13)6-8/h2-3,6H,4-5,7,14H2,1H3. The van der Waals surface area contributed by atoms with Gasteiger partial charge < -0.3 is 10.5 Å². The van der Waals surface area contributed by atoms with Crippen LogP contribution in [0.3, 0.4) is 0 Å². The number of rotatable bonds is 2. The molecule has 6 nitrogen and oxygen atoms in total. The first-order valence-corrected chi connectivity index (χ1v) is 6.02. The van der Waals surface area contributed by atoms with E-state index in [4.69, 9.17) is 10.5 Å². The summed E-state index contributed by atoms with van der Waals surface area (Å²) >= 11 is 0. The van der Waals surface area contributed by atoms with Crippen LogP contribution in [-0.2, 0) is 10.3 Å². The van der Waals surface area contributed by atoms with Gasteiger partial charge in [-0.1, -0.05) is 0 Å². The molecule has 0 amide bonds. The zero-order chi connectivity index (χ0) is 13.5. The largest absolute Gasteiger partial charge is 0.396 e. The summed E-state index contributed by atoms with van der Waals surface area (Å²) in [7, 11) is 0. The van der Waals surface area contributed by atoms with E-state index in [0.717, 1.165) is 6.42 Å². The smallest absolute Gasteiger partial charge is 0.182 e. The number of anilines is 1. The minimum absolute atomic E-state index is 0.109. The predicted octanol–water partition coefficient (Wildman–Crippen LogP) is 1.20. The summed E-state index contributed by atoms with van der Waals surface area (Å²) in [5, 5.41) is 11.7. The molecule has 1 unspecified atom stereocenters. The van der Waals surface area contributed by atoms with Gasteiger partial charge in [0.2, 0.25) is 0 Å². The molecule has 1 aromatic heterocycles. The van der Waals surface area contributed by atoms with E-state index in [1.165, 1.54) is 12.1 Å². The molecule has 7 heteroatoms. The van der Waals surface area contributed by atoms with Gasteiger partial charge in [0.15, 0.2) is 5.82 Å². The second-order valence-electron chi connectivity index (χ2n) is 4.95. The summed E-state index contributed by atoms with van der Waals surface area (Å²) in [4.78, 5) is 0. The van der Waals surface area contributed by atoms with Crippen molar-refractivity contribution in [2.45, 2.75) is 18.9 Å². The number of nitrogens with two attached hydrogens (primary N) is 1. The Bertz CT molecular complexity index is 606. The Morgan fingerprint density at radius 3 is 3.00 bits per heavy atom. The average Bonchev–Trinajstić information content (AvgIpc) is 3.02. The molecule has 2 heterocycles. The van der Waals surface area contributed by atoms with Crippen LogP contribution in [-0.4, -0.2) is 33.4 Å². The average molecular weight is 263 g/mol. The van der Waals surface area contributed by atoms with Crippen LogP contribution in [0.25, 0.3) is 11.4 Å². The van der Waals surface area contributed by atoms with Crippen molar-refractivity contribution >= 4 is 5.69 Å². The molecule has 2 aromatic rings. The zero-order valence-electron chi connectivity index (χ0n) is 10.5. The van der Waals surface area contributed by atoms with Gasteiger partial charge in [0.25, 0.3) is 0 Å². The van der Waals surface area contributed by atoms with Crippen molar-refractivity contribution < 1.29 is 9.13 Å². The summed E-state index contributed by atoms with van der Waals surface area (Å²) in [6.07, 6.45) is 0.822. The van der Waals surface area contributed by atoms with Crippen LogP contribution in [0, 0.1) is 5.82 Å². The van der Waals surface area contributed by atoms with Gasteiger partial charge in [0.1, 0.15) is 5.82 Å². The van der Waals surface area contributed by atoms with E-state index in [0.29, 0.717) is 24.6 Å².